The Morgan fingerprint density at radius 1 is 0.604 bits per heavy atom. The molecule has 0 bridgehead atoms. The summed E-state index contributed by atoms with van der Waals surface area (Å²) in [5.41, 5.74) is 14.3. The normalized spacial score (nSPS) is 12.3. The van der Waals surface area contributed by atoms with E-state index >= 15 is 0 Å². The van der Waals surface area contributed by atoms with Gasteiger partial charge in [0.05, 0.1) is 22.6 Å². The average Bonchev–Trinajstić information content (AvgIpc) is 3.86. The maximum Gasteiger partial charge on any atom is 2.00 e. The second-order valence-electron chi connectivity index (χ2n) is 16.2. The minimum absolute atomic E-state index is 0. The number of fused-ring (bicyclic) bond motifs is 5. The minimum atomic E-state index is -0.0889. The fourth-order valence-electron chi connectivity index (χ4n) is 7.46. The second kappa shape index (κ2) is 12.7. The second-order valence-corrected chi connectivity index (χ2v) is 16.2. The molecule has 9 rings (SSSR count). The summed E-state index contributed by atoms with van der Waals surface area (Å²) in [6, 6.07) is 41.1. The van der Waals surface area contributed by atoms with Crippen molar-refractivity contribution in [1.82, 2.24) is 24.7 Å². The monoisotopic (exact) mass is 870 g/mol. The van der Waals surface area contributed by atoms with Gasteiger partial charge in [0.15, 0.2) is 0 Å². The molecule has 0 saturated carbocycles. The van der Waals surface area contributed by atoms with Gasteiger partial charge in [-0.05, 0) is 91.6 Å². The zero-order valence-corrected chi connectivity index (χ0v) is 33.4. The Morgan fingerprint density at radius 2 is 1.32 bits per heavy atom. The molecular weight excluding hydrogens is 830 g/mol. The topological polar surface area (TPSA) is 58.9 Å². The number of rotatable bonds is 4. The van der Waals surface area contributed by atoms with E-state index in [1.54, 1.807) is 0 Å². The van der Waals surface area contributed by atoms with Gasteiger partial charge in [0, 0.05) is 5.39 Å². The van der Waals surface area contributed by atoms with Gasteiger partial charge in [-0.3, -0.25) is 0 Å². The fourth-order valence-corrected chi connectivity index (χ4v) is 7.46. The summed E-state index contributed by atoms with van der Waals surface area (Å²) < 4.78 is 2.10. The fraction of sp³-hybridized carbons (Fsp3) is 0.191. The molecule has 4 heterocycles. The van der Waals surface area contributed by atoms with Crippen molar-refractivity contribution < 1.29 is 21.1 Å². The zero-order chi connectivity index (χ0) is 35.9. The van der Waals surface area contributed by atoms with Crippen molar-refractivity contribution in [3.63, 3.8) is 0 Å². The summed E-state index contributed by atoms with van der Waals surface area (Å²) in [5.74, 6) is 0. The Hall–Kier alpha value is -5.25. The first-order chi connectivity index (χ1) is 24.9. The predicted octanol–water partition coefficient (Wildman–Crippen LogP) is 11.7. The van der Waals surface area contributed by atoms with E-state index in [1.807, 2.05) is 6.20 Å². The van der Waals surface area contributed by atoms with Gasteiger partial charge in [0.2, 0.25) is 0 Å². The van der Waals surface area contributed by atoms with Crippen LogP contribution in [0.25, 0.3) is 83.1 Å². The first-order valence-corrected chi connectivity index (χ1v) is 18.1. The van der Waals surface area contributed by atoms with E-state index in [9.17, 15) is 0 Å². The van der Waals surface area contributed by atoms with E-state index < -0.39 is 0 Å². The molecular formula is C47H41N5Pt. The van der Waals surface area contributed by atoms with Crippen LogP contribution in [0.1, 0.15) is 58.2 Å². The molecule has 6 heteroatoms. The van der Waals surface area contributed by atoms with Gasteiger partial charge in [0.1, 0.15) is 5.69 Å². The summed E-state index contributed by atoms with van der Waals surface area (Å²) in [5, 5.41) is 9.95. The van der Waals surface area contributed by atoms with Gasteiger partial charge in [-0.1, -0.05) is 133 Å². The average molecular weight is 871 g/mol. The van der Waals surface area contributed by atoms with Crippen LogP contribution >= 0.6 is 0 Å². The maximum absolute atomic E-state index is 5.47. The number of pyridine rings is 1. The number of nitrogens with zero attached hydrogens (tertiary/aromatic N) is 5. The number of benzene rings is 5. The molecule has 0 N–H and O–H groups in total. The van der Waals surface area contributed by atoms with Crippen molar-refractivity contribution in [1.29, 1.82) is 0 Å². The Labute approximate surface area is 324 Å². The molecule has 9 aromatic rings. The van der Waals surface area contributed by atoms with Gasteiger partial charge in [-0.25, -0.2) is 9.67 Å². The third-order valence-corrected chi connectivity index (χ3v) is 10.3. The summed E-state index contributed by atoms with van der Waals surface area (Å²) >= 11 is 0. The summed E-state index contributed by atoms with van der Waals surface area (Å²) in [6.07, 6.45) is 1.88. The SMILES string of the molecule is Cc1cc(-c2cc(-c3ccccc3)cc(-c3nn(-c4cc(C(C)(C)C)cc5c4[n-]c4ccc(C(C)(C)C)cc45)c4ccccc34)n2)c2[n-]ccc2c1.[Pt+2]. The van der Waals surface area contributed by atoms with E-state index in [1.165, 1.54) is 22.1 Å². The summed E-state index contributed by atoms with van der Waals surface area (Å²) in [7, 11) is 0. The molecule has 4 aromatic heterocycles. The van der Waals surface area contributed by atoms with Crippen LogP contribution in [0.3, 0.4) is 0 Å². The van der Waals surface area contributed by atoms with E-state index in [2.05, 4.69) is 168 Å². The molecule has 0 aliphatic rings. The third-order valence-electron chi connectivity index (χ3n) is 10.3. The predicted molar refractivity (Wildman–Crippen MR) is 216 cm³/mol. The van der Waals surface area contributed by atoms with E-state index in [0.29, 0.717) is 0 Å². The van der Waals surface area contributed by atoms with Crippen LogP contribution in [0.2, 0.25) is 0 Å². The van der Waals surface area contributed by atoms with Gasteiger partial charge in [0.25, 0.3) is 0 Å². The molecule has 0 unspecified atom stereocenters. The standard InChI is InChI=1S/C47H41N5.Pt/c1-28-21-30-19-20-48-43(30)37(22-28)39-23-31(29-13-9-8-10-14-29)24-40(49-39)44-34-15-11-12-16-41(34)52(51-44)42-27-33(47(5,6)7)26-36-35-25-32(46(2,3)4)17-18-38(35)50-45(36)42;/h8-27H,1-7H3;/q-2;+2. The number of hydrogen-bond donors (Lipinski definition) is 0. The van der Waals surface area contributed by atoms with Crippen LogP contribution in [0.4, 0.5) is 0 Å². The van der Waals surface area contributed by atoms with Crippen LogP contribution < -0.4 is 9.97 Å². The Morgan fingerprint density at radius 3 is 2.09 bits per heavy atom. The Kier molecular flexibility index (Phi) is 8.35. The third kappa shape index (κ3) is 6.02. The summed E-state index contributed by atoms with van der Waals surface area (Å²) in [6.45, 7) is 15.7. The zero-order valence-electron chi connectivity index (χ0n) is 31.1. The van der Waals surface area contributed by atoms with E-state index in [4.69, 9.17) is 20.1 Å². The largest absolute Gasteiger partial charge is 2.00 e. The van der Waals surface area contributed by atoms with Crippen molar-refractivity contribution in [2.24, 2.45) is 0 Å². The molecule has 0 saturated heterocycles. The molecule has 53 heavy (non-hydrogen) atoms. The van der Waals surface area contributed by atoms with E-state index in [-0.39, 0.29) is 31.9 Å². The van der Waals surface area contributed by atoms with Crippen molar-refractivity contribution >= 4 is 43.6 Å². The van der Waals surface area contributed by atoms with Gasteiger partial charge >= 0.3 is 21.1 Å². The van der Waals surface area contributed by atoms with Gasteiger partial charge < -0.3 is 9.97 Å². The number of para-hydroxylation sites is 1. The Balaban J connectivity index is 0.00000400. The first-order valence-electron chi connectivity index (χ1n) is 18.1. The van der Waals surface area contributed by atoms with Crippen molar-refractivity contribution in [3.05, 3.63) is 138 Å². The number of aryl methyl sites for hydroxylation is 1. The minimum Gasteiger partial charge on any atom is -0.663 e. The van der Waals surface area contributed by atoms with Crippen LogP contribution in [0.15, 0.2) is 121 Å². The van der Waals surface area contributed by atoms with Crippen molar-refractivity contribution in [2.75, 3.05) is 0 Å². The van der Waals surface area contributed by atoms with Crippen molar-refractivity contribution in [3.8, 4) is 39.5 Å². The molecule has 0 spiro atoms. The van der Waals surface area contributed by atoms with Crippen LogP contribution in [-0.2, 0) is 31.9 Å². The molecule has 5 aromatic carbocycles. The molecule has 0 radical (unpaired) electrons. The first kappa shape index (κ1) is 34.8. The number of hydrogen-bond acceptors (Lipinski definition) is 2. The van der Waals surface area contributed by atoms with Gasteiger partial charge in [-0.15, -0.1) is 16.6 Å². The molecule has 0 aliphatic carbocycles. The summed E-state index contributed by atoms with van der Waals surface area (Å²) in [4.78, 5) is 15.4. The van der Waals surface area contributed by atoms with Crippen molar-refractivity contribution in [2.45, 2.75) is 59.3 Å². The molecule has 0 atom stereocenters. The van der Waals surface area contributed by atoms with Crippen LogP contribution in [0, 0.1) is 6.92 Å². The quantitative estimate of drug-likeness (QED) is 0.177. The molecule has 0 aliphatic heterocycles. The molecule has 0 amide bonds. The van der Waals surface area contributed by atoms with E-state index in [0.717, 1.165) is 77.7 Å². The molecule has 264 valence electrons. The van der Waals surface area contributed by atoms with Crippen LogP contribution in [0.5, 0.6) is 0 Å². The van der Waals surface area contributed by atoms with Crippen LogP contribution in [-0.4, -0.2) is 14.8 Å². The van der Waals surface area contributed by atoms with Gasteiger partial charge in [-0.2, -0.15) is 11.3 Å². The Bertz CT molecular complexity index is 2820. The number of aromatic nitrogens is 5. The molecule has 5 nitrogen and oxygen atoms in total. The molecule has 0 fully saturated rings. The maximum atomic E-state index is 5.47. The smallest absolute Gasteiger partial charge is 0.663 e.